The van der Waals surface area contributed by atoms with Crippen molar-refractivity contribution in [1.82, 2.24) is 0 Å². The van der Waals surface area contributed by atoms with Gasteiger partial charge in [-0.05, 0) is 38.0 Å². The third-order valence-electron chi connectivity index (χ3n) is 4.47. The Kier molecular flexibility index (Phi) is 4.60. The molecular formula is C18H23NO5. The molecule has 24 heavy (non-hydrogen) atoms. The maximum absolute atomic E-state index is 12.7. The monoisotopic (exact) mass is 333 g/mol. The van der Waals surface area contributed by atoms with Crippen molar-refractivity contribution < 1.29 is 23.8 Å². The highest BCUT2D eigenvalue weighted by Crippen LogP contribution is 2.42. The molecule has 1 saturated heterocycles. The van der Waals surface area contributed by atoms with Crippen molar-refractivity contribution in [2.75, 3.05) is 31.3 Å². The highest BCUT2D eigenvalue weighted by Gasteiger charge is 2.44. The largest absolute Gasteiger partial charge is 0.465 e. The third-order valence-corrected chi connectivity index (χ3v) is 4.47. The number of hydrogen-bond acceptors (Lipinski definition) is 5. The smallest absolute Gasteiger partial charge is 0.323 e. The van der Waals surface area contributed by atoms with Crippen molar-refractivity contribution in [2.45, 2.75) is 38.9 Å². The van der Waals surface area contributed by atoms with Crippen LogP contribution in [-0.2, 0) is 29.6 Å². The number of fused-ring (bicyclic) bond motifs is 1. The Labute approximate surface area is 141 Å². The molecule has 1 aromatic rings. The number of rotatable bonds is 5. The van der Waals surface area contributed by atoms with Crippen molar-refractivity contribution in [3.63, 3.8) is 0 Å². The molecule has 0 radical (unpaired) electrons. The molecule has 3 rings (SSSR count). The Bertz CT molecular complexity index is 651. The van der Waals surface area contributed by atoms with Crippen LogP contribution in [0.25, 0.3) is 0 Å². The molecule has 0 N–H and O–H groups in total. The van der Waals surface area contributed by atoms with E-state index >= 15 is 0 Å². The second-order valence-corrected chi connectivity index (χ2v) is 6.09. The Balaban J connectivity index is 2.03. The maximum atomic E-state index is 12.7. The molecule has 130 valence electrons. The van der Waals surface area contributed by atoms with Gasteiger partial charge in [0.25, 0.3) is 0 Å². The molecule has 2 aliphatic heterocycles. The summed E-state index contributed by atoms with van der Waals surface area (Å²) >= 11 is 0. The Morgan fingerprint density at radius 3 is 2.67 bits per heavy atom. The minimum absolute atomic E-state index is 0.221. The molecular weight excluding hydrogens is 310 g/mol. The summed E-state index contributed by atoms with van der Waals surface area (Å²) in [4.78, 5) is 26.8. The van der Waals surface area contributed by atoms with Gasteiger partial charge in [0.15, 0.2) is 11.7 Å². The van der Waals surface area contributed by atoms with Gasteiger partial charge in [-0.25, -0.2) is 0 Å². The highest BCUT2D eigenvalue weighted by molar-refractivity contribution is 6.16. The summed E-state index contributed by atoms with van der Waals surface area (Å²) in [5, 5.41) is 0. The minimum atomic E-state index is -0.906. The molecule has 0 aliphatic carbocycles. The number of carbonyl (C=O) groups excluding carboxylic acids is 2. The highest BCUT2D eigenvalue weighted by atomic mass is 16.7. The average Bonchev–Trinajstić information content (AvgIpc) is 3.11. The zero-order chi connectivity index (χ0) is 17.3. The van der Waals surface area contributed by atoms with Gasteiger partial charge >= 0.3 is 5.97 Å². The van der Waals surface area contributed by atoms with E-state index in [1.165, 1.54) is 0 Å². The SMILES string of the molecule is CCCN1C(=O)C(C(=O)OCC)c2cc(C3(C)OCCO3)ccc21. The summed E-state index contributed by atoms with van der Waals surface area (Å²) in [5.41, 5.74) is 2.24. The van der Waals surface area contributed by atoms with E-state index in [-0.39, 0.29) is 12.5 Å². The fourth-order valence-electron chi connectivity index (χ4n) is 3.31. The third kappa shape index (κ3) is 2.70. The van der Waals surface area contributed by atoms with E-state index in [0.29, 0.717) is 25.3 Å². The van der Waals surface area contributed by atoms with E-state index in [2.05, 4.69) is 0 Å². The number of nitrogens with zero attached hydrogens (tertiary/aromatic N) is 1. The number of benzene rings is 1. The van der Waals surface area contributed by atoms with Crippen LogP contribution in [-0.4, -0.2) is 38.2 Å². The van der Waals surface area contributed by atoms with Gasteiger partial charge in [0.2, 0.25) is 5.91 Å². The van der Waals surface area contributed by atoms with Crippen LogP contribution in [0.5, 0.6) is 0 Å². The van der Waals surface area contributed by atoms with Gasteiger partial charge in [0.05, 0.1) is 19.8 Å². The average molecular weight is 333 g/mol. The predicted molar refractivity (Wildman–Crippen MR) is 87.7 cm³/mol. The van der Waals surface area contributed by atoms with E-state index in [1.807, 2.05) is 32.0 Å². The standard InChI is InChI=1S/C18H23NO5/c1-4-8-19-14-7-6-12(18(3)23-9-10-24-18)11-13(14)15(16(19)20)17(21)22-5-2/h6-7,11,15H,4-5,8-10H2,1-3H3. The molecule has 0 bridgehead atoms. The first-order chi connectivity index (χ1) is 11.5. The Morgan fingerprint density at radius 1 is 1.33 bits per heavy atom. The van der Waals surface area contributed by atoms with Crippen LogP contribution in [0.1, 0.15) is 44.2 Å². The molecule has 0 aromatic heterocycles. The van der Waals surface area contributed by atoms with Crippen LogP contribution in [0.3, 0.4) is 0 Å². The molecule has 2 heterocycles. The number of anilines is 1. The van der Waals surface area contributed by atoms with E-state index in [4.69, 9.17) is 14.2 Å². The lowest BCUT2D eigenvalue weighted by atomic mass is 9.96. The minimum Gasteiger partial charge on any atom is -0.465 e. The van der Waals surface area contributed by atoms with Crippen LogP contribution in [0.4, 0.5) is 5.69 Å². The van der Waals surface area contributed by atoms with Gasteiger partial charge in [-0.15, -0.1) is 0 Å². The molecule has 1 amide bonds. The van der Waals surface area contributed by atoms with Crippen molar-refractivity contribution >= 4 is 17.6 Å². The topological polar surface area (TPSA) is 65.1 Å². The predicted octanol–water partition coefficient (Wildman–Crippen LogP) is 2.31. The van der Waals surface area contributed by atoms with Gasteiger partial charge in [0, 0.05) is 17.8 Å². The lowest BCUT2D eigenvalue weighted by Gasteiger charge is -2.24. The lowest BCUT2D eigenvalue weighted by molar-refractivity contribution is -0.150. The molecule has 1 fully saturated rings. The molecule has 6 nitrogen and oxygen atoms in total. The van der Waals surface area contributed by atoms with E-state index in [0.717, 1.165) is 17.7 Å². The first-order valence-corrected chi connectivity index (χ1v) is 8.42. The van der Waals surface area contributed by atoms with Crippen LogP contribution in [0.2, 0.25) is 0 Å². The fraction of sp³-hybridized carbons (Fsp3) is 0.556. The number of amides is 1. The van der Waals surface area contributed by atoms with Crippen LogP contribution in [0.15, 0.2) is 18.2 Å². The molecule has 2 aliphatic rings. The van der Waals surface area contributed by atoms with Gasteiger partial charge in [-0.2, -0.15) is 0 Å². The zero-order valence-corrected chi connectivity index (χ0v) is 14.3. The summed E-state index contributed by atoms with van der Waals surface area (Å²) in [5.74, 6) is -2.47. The maximum Gasteiger partial charge on any atom is 0.323 e. The van der Waals surface area contributed by atoms with Gasteiger partial charge in [-0.3, -0.25) is 9.59 Å². The fourth-order valence-corrected chi connectivity index (χ4v) is 3.31. The van der Waals surface area contributed by atoms with Gasteiger partial charge < -0.3 is 19.1 Å². The van der Waals surface area contributed by atoms with Crippen molar-refractivity contribution in [1.29, 1.82) is 0 Å². The summed E-state index contributed by atoms with van der Waals surface area (Å²) in [7, 11) is 0. The summed E-state index contributed by atoms with van der Waals surface area (Å²) in [6.07, 6.45) is 0.812. The van der Waals surface area contributed by atoms with Gasteiger partial charge in [-0.1, -0.05) is 13.0 Å². The second-order valence-electron chi connectivity index (χ2n) is 6.09. The van der Waals surface area contributed by atoms with Crippen molar-refractivity contribution in [3.05, 3.63) is 29.3 Å². The van der Waals surface area contributed by atoms with E-state index < -0.39 is 17.7 Å². The Morgan fingerprint density at radius 2 is 2.04 bits per heavy atom. The number of hydrogen-bond donors (Lipinski definition) is 0. The molecule has 0 saturated carbocycles. The van der Waals surface area contributed by atoms with Crippen LogP contribution < -0.4 is 4.90 Å². The summed E-state index contributed by atoms with van der Waals surface area (Å²) in [6.45, 7) is 7.45. The quantitative estimate of drug-likeness (QED) is 0.611. The zero-order valence-electron chi connectivity index (χ0n) is 14.3. The Hall–Kier alpha value is -1.92. The molecule has 0 spiro atoms. The number of esters is 1. The number of carbonyl (C=O) groups is 2. The number of ether oxygens (including phenoxy) is 3. The van der Waals surface area contributed by atoms with Crippen molar-refractivity contribution in [2.24, 2.45) is 0 Å². The molecule has 1 atom stereocenters. The molecule has 1 unspecified atom stereocenters. The molecule has 6 heteroatoms. The summed E-state index contributed by atoms with van der Waals surface area (Å²) in [6, 6.07) is 5.61. The first-order valence-electron chi connectivity index (χ1n) is 8.42. The normalized spacial score (nSPS) is 21.9. The first kappa shape index (κ1) is 16.9. The summed E-state index contributed by atoms with van der Waals surface area (Å²) < 4.78 is 16.5. The second kappa shape index (κ2) is 6.53. The lowest BCUT2D eigenvalue weighted by Crippen LogP contribution is -2.32. The van der Waals surface area contributed by atoms with Gasteiger partial charge in [0.1, 0.15) is 0 Å². The van der Waals surface area contributed by atoms with Crippen LogP contribution >= 0.6 is 0 Å². The van der Waals surface area contributed by atoms with Crippen molar-refractivity contribution in [3.8, 4) is 0 Å². The van der Waals surface area contributed by atoms with Crippen LogP contribution in [0, 0.1) is 0 Å². The van der Waals surface area contributed by atoms with E-state index in [9.17, 15) is 9.59 Å². The molecule has 1 aromatic carbocycles. The van der Waals surface area contributed by atoms with E-state index in [1.54, 1.807) is 11.8 Å².